The van der Waals surface area contributed by atoms with E-state index in [2.05, 4.69) is 15.9 Å². The van der Waals surface area contributed by atoms with Crippen LogP contribution in [-0.2, 0) is 11.3 Å². The number of amides is 1. The van der Waals surface area contributed by atoms with Gasteiger partial charge in [-0.25, -0.2) is 0 Å². The lowest BCUT2D eigenvalue weighted by atomic mass is 10.2. The first-order valence-corrected chi connectivity index (χ1v) is 6.73. The molecule has 1 saturated heterocycles. The summed E-state index contributed by atoms with van der Waals surface area (Å²) in [6.45, 7) is 3.40. The van der Waals surface area contributed by atoms with Gasteiger partial charge in [0.1, 0.15) is 6.54 Å². The lowest BCUT2D eigenvalue weighted by Gasteiger charge is -2.17. The number of pyridine rings is 1. The number of carbonyl (C=O) groups is 1. The normalized spacial score (nSPS) is 15.1. The van der Waals surface area contributed by atoms with Crippen molar-refractivity contribution in [2.24, 2.45) is 0 Å². The fourth-order valence-corrected chi connectivity index (χ4v) is 2.52. The maximum Gasteiger partial charge on any atom is 0.265 e. The summed E-state index contributed by atoms with van der Waals surface area (Å²) in [6.07, 6.45) is 3.62. The summed E-state index contributed by atoms with van der Waals surface area (Å²) in [5.41, 5.74) is 6.81. The highest BCUT2D eigenvalue weighted by Gasteiger charge is 2.19. The van der Waals surface area contributed by atoms with Gasteiger partial charge in [0.05, 0.1) is 10.2 Å². The van der Waals surface area contributed by atoms with Crippen LogP contribution in [-0.4, -0.2) is 28.5 Å². The zero-order valence-corrected chi connectivity index (χ0v) is 11.9. The molecule has 98 valence electrons. The zero-order valence-electron chi connectivity index (χ0n) is 10.3. The monoisotopic (exact) mass is 313 g/mol. The average molecular weight is 314 g/mol. The maximum absolute atomic E-state index is 12.0. The van der Waals surface area contributed by atoms with Gasteiger partial charge in [-0.15, -0.1) is 0 Å². The molecule has 1 aliphatic rings. The van der Waals surface area contributed by atoms with Gasteiger partial charge in [-0.2, -0.15) is 0 Å². The molecule has 0 radical (unpaired) electrons. The lowest BCUT2D eigenvalue weighted by molar-refractivity contribution is -0.130. The van der Waals surface area contributed by atoms with Crippen molar-refractivity contribution in [2.45, 2.75) is 26.3 Å². The number of aromatic nitrogens is 1. The number of hydrogen-bond acceptors (Lipinski definition) is 3. The topological polar surface area (TPSA) is 68.3 Å². The van der Waals surface area contributed by atoms with Gasteiger partial charge >= 0.3 is 0 Å². The minimum atomic E-state index is -0.214. The summed E-state index contributed by atoms with van der Waals surface area (Å²) >= 11 is 3.22. The van der Waals surface area contributed by atoms with Crippen molar-refractivity contribution in [3.05, 3.63) is 26.6 Å². The SMILES string of the molecule is Cc1c(N)cn(CC(=O)N2CCCC2)c(=O)c1Br. The first-order chi connectivity index (χ1) is 8.50. The Morgan fingerprint density at radius 3 is 2.67 bits per heavy atom. The second kappa shape index (κ2) is 5.14. The molecule has 0 unspecified atom stereocenters. The lowest BCUT2D eigenvalue weighted by Crippen LogP contribution is -2.35. The molecule has 0 spiro atoms. The second-order valence-electron chi connectivity index (χ2n) is 4.54. The van der Waals surface area contributed by atoms with Gasteiger partial charge in [-0.1, -0.05) is 0 Å². The standard InChI is InChI=1S/C12H16BrN3O2/c1-8-9(14)6-16(12(18)11(8)13)7-10(17)15-4-2-3-5-15/h6H,2-5,7,14H2,1H3. The van der Waals surface area contributed by atoms with E-state index < -0.39 is 0 Å². The molecule has 0 atom stereocenters. The molecular weight excluding hydrogens is 298 g/mol. The van der Waals surface area contributed by atoms with Gasteiger partial charge in [0.25, 0.3) is 5.56 Å². The number of anilines is 1. The molecule has 1 fully saturated rings. The van der Waals surface area contributed by atoms with Crippen molar-refractivity contribution < 1.29 is 4.79 Å². The number of rotatable bonds is 2. The molecule has 5 nitrogen and oxygen atoms in total. The van der Waals surface area contributed by atoms with Crippen LogP contribution in [0.1, 0.15) is 18.4 Å². The van der Waals surface area contributed by atoms with E-state index in [0.717, 1.165) is 25.9 Å². The van der Waals surface area contributed by atoms with Crippen LogP contribution in [0, 0.1) is 6.92 Å². The summed E-state index contributed by atoms with van der Waals surface area (Å²) < 4.78 is 1.80. The van der Waals surface area contributed by atoms with Gasteiger partial charge in [0.15, 0.2) is 0 Å². The number of nitrogens with two attached hydrogens (primary N) is 1. The van der Waals surface area contributed by atoms with Crippen LogP contribution in [0.3, 0.4) is 0 Å². The van der Waals surface area contributed by atoms with Gasteiger partial charge in [-0.05, 0) is 41.3 Å². The van der Waals surface area contributed by atoms with Crippen molar-refractivity contribution in [1.29, 1.82) is 0 Å². The molecule has 2 N–H and O–H groups in total. The van der Waals surface area contributed by atoms with Crippen LogP contribution in [0.5, 0.6) is 0 Å². The van der Waals surface area contributed by atoms with E-state index in [-0.39, 0.29) is 18.0 Å². The van der Waals surface area contributed by atoms with Crippen LogP contribution < -0.4 is 11.3 Å². The van der Waals surface area contributed by atoms with E-state index in [9.17, 15) is 9.59 Å². The summed E-state index contributed by atoms with van der Waals surface area (Å²) in [6, 6.07) is 0. The Bertz CT molecular complexity index is 533. The van der Waals surface area contributed by atoms with Crippen molar-refractivity contribution in [2.75, 3.05) is 18.8 Å². The third kappa shape index (κ3) is 2.43. The van der Waals surface area contributed by atoms with Gasteiger partial charge < -0.3 is 15.2 Å². The van der Waals surface area contributed by atoms with Gasteiger partial charge in [0, 0.05) is 19.3 Å². The van der Waals surface area contributed by atoms with E-state index in [1.165, 1.54) is 10.8 Å². The van der Waals surface area contributed by atoms with Crippen LogP contribution in [0.15, 0.2) is 15.5 Å². The molecule has 1 amide bonds. The minimum absolute atomic E-state index is 0.0234. The van der Waals surface area contributed by atoms with E-state index in [1.54, 1.807) is 11.8 Å². The average Bonchev–Trinajstić information content (AvgIpc) is 2.87. The Labute approximate surface area is 114 Å². The van der Waals surface area contributed by atoms with Crippen molar-refractivity contribution >= 4 is 27.5 Å². The highest BCUT2D eigenvalue weighted by Crippen LogP contribution is 2.17. The predicted molar refractivity (Wildman–Crippen MR) is 73.4 cm³/mol. The first-order valence-electron chi connectivity index (χ1n) is 5.93. The number of nitrogen functional groups attached to an aromatic ring is 1. The number of carbonyl (C=O) groups excluding carboxylic acids is 1. The number of likely N-dealkylation sites (tertiary alicyclic amines) is 1. The van der Waals surface area contributed by atoms with Crippen LogP contribution in [0.25, 0.3) is 0 Å². The Kier molecular flexibility index (Phi) is 3.75. The zero-order chi connectivity index (χ0) is 13.3. The summed E-state index contributed by atoms with van der Waals surface area (Å²) in [5, 5.41) is 0. The van der Waals surface area contributed by atoms with Crippen LogP contribution in [0.2, 0.25) is 0 Å². The van der Waals surface area contributed by atoms with Gasteiger partial charge in [-0.3, -0.25) is 9.59 Å². The second-order valence-corrected chi connectivity index (χ2v) is 5.34. The quantitative estimate of drug-likeness (QED) is 0.889. The Morgan fingerprint density at radius 2 is 2.06 bits per heavy atom. The molecule has 0 aliphatic carbocycles. The Morgan fingerprint density at radius 1 is 1.44 bits per heavy atom. The fourth-order valence-electron chi connectivity index (χ4n) is 2.07. The van der Waals surface area contributed by atoms with E-state index >= 15 is 0 Å². The highest BCUT2D eigenvalue weighted by atomic mass is 79.9. The molecule has 18 heavy (non-hydrogen) atoms. The van der Waals surface area contributed by atoms with E-state index in [1.807, 2.05) is 0 Å². The van der Waals surface area contributed by atoms with E-state index in [4.69, 9.17) is 5.73 Å². The number of halogens is 1. The third-order valence-electron chi connectivity index (χ3n) is 3.27. The maximum atomic E-state index is 12.0. The highest BCUT2D eigenvalue weighted by molar-refractivity contribution is 9.10. The minimum Gasteiger partial charge on any atom is -0.397 e. The molecule has 6 heteroatoms. The van der Waals surface area contributed by atoms with E-state index in [0.29, 0.717) is 15.7 Å². The number of nitrogens with zero attached hydrogens (tertiary/aromatic N) is 2. The summed E-state index contributed by atoms with van der Waals surface area (Å²) in [5.74, 6) is -0.0234. The molecule has 1 aromatic rings. The predicted octanol–water partition coefficient (Wildman–Crippen LogP) is 1.12. The molecule has 0 saturated carbocycles. The van der Waals surface area contributed by atoms with Crippen LogP contribution in [0.4, 0.5) is 5.69 Å². The Balaban J connectivity index is 2.24. The van der Waals surface area contributed by atoms with Crippen molar-refractivity contribution in [3.63, 3.8) is 0 Å². The van der Waals surface area contributed by atoms with Crippen molar-refractivity contribution in [1.82, 2.24) is 9.47 Å². The molecule has 0 aromatic carbocycles. The number of hydrogen-bond donors (Lipinski definition) is 1. The summed E-state index contributed by atoms with van der Waals surface area (Å²) in [7, 11) is 0. The molecule has 2 rings (SSSR count). The van der Waals surface area contributed by atoms with Crippen LogP contribution >= 0.6 is 15.9 Å². The molecule has 1 aliphatic heterocycles. The summed E-state index contributed by atoms with van der Waals surface area (Å²) in [4.78, 5) is 25.8. The first kappa shape index (κ1) is 13.1. The third-order valence-corrected chi connectivity index (χ3v) is 4.20. The fraction of sp³-hybridized carbons (Fsp3) is 0.500. The largest absolute Gasteiger partial charge is 0.397 e. The molecule has 0 bridgehead atoms. The van der Waals surface area contributed by atoms with Gasteiger partial charge in [0.2, 0.25) is 5.91 Å². The molecule has 1 aromatic heterocycles. The Hall–Kier alpha value is -1.30. The molecular formula is C12H16BrN3O2. The molecule has 2 heterocycles. The van der Waals surface area contributed by atoms with Crippen molar-refractivity contribution in [3.8, 4) is 0 Å². The smallest absolute Gasteiger partial charge is 0.265 e.